The minimum absolute atomic E-state index is 0.00337. The Labute approximate surface area is 126 Å². The standard InChI is InChI=1S/C16H24N2O3/c1-5-6-12(2)16(20)17-13-7-9-14(10-8-13)21-11-15(19)18(3)4/h7-10,12H,5-6,11H2,1-4H3,(H,17,20). The molecule has 116 valence electrons. The van der Waals surface area contributed by atoms with Crippen molar-refractivity contribution >= 4 is 17.5 Å². The van der Waals surface area contributed by atoms with Crippen molar-refractivity contribution in [2.45, 2.75) is 26.7 Å². The minimum atomic E-state index is -0.0965. The molecule has 0 bridgehead atoms. The Balaban J connectivity index is 2.50. The van der Waals surface area contributed by atoms with Gasteiger partial charge in [0.2, 0.25) is 5.91 Å². The van der Waals surface area contributed by atoms with Gasteiger partial charge in [0.1, 0.15) is 5.75 Å². The highest BCUT2D eigenvalue weighted by Gasteiger charge is 2.11. The smallest absolute Gasteiger partial charge is 0.259 e. The fourth-order valence-electron chi connectivity index (χ4n) is 1.74. The first-order valence-corrected chi connectivity index (χ1v) is 7.18. The summed E-state index contributed by atoms with van der Waals surface area (Å²) in [6.45, 7) is 3.99. The van der Waals surface area contributed by atoms with Crippen LogP contribution in [0.5, 0.6) is 5.75 Å². The summed E-state index contributed by atoms with van der Waals surface area (Å²) in [7, 11) is 3.36. The normalized spacial score (nSPS) is 11.6. The molecule has 0 spiro atoms. The minimum Gasteiger partial charge on any atom is -0.484 e. The Morgan fingerprint density at radius 3 is 2.38 bits per heavy atom. The number of hydrogen-bond donors (Lipinski definition) is 1. The van der Waals surface area contributed by atoms with Crippen molar-refractivity contribution in [3.8, 4) is 5.75 Å². The summed E-state index contributed by atoms with van der Waals surface area (Å²) < 4.78 is 5.37. The van der Waals surface area contributed by atoms with Crippen molar-refractivity contribution < 1.29 is 14.3 Å². The van der Waals surface area contributed by atoms with Gasteiger partial charge in [-0.1, -0.05) is 20.3 Å². The lowest BCUT2D eigenvalue weighted by atomic mass is 10.1. The molecule has 0 radical (unpaired) electrons. The van der Waals surface area contributed by atoms with Gasteiger partial charge in [0.25, 0.3) is 5.91 Å². The summed E-state index contributed by atoms with van der Waals surface area (Å²) >= 11 is 0. The summed E-state index contributed by atoms with van der Waals surface area (Å²) in [5.41, 5.74) is 0.731. The zero-order valence-corrected chi connectivity index (χ0v) is 13.2. The summed E-state index contributed by atoms with van der Waals surface area (Å²) in [5.74, 6) is 0.530. The second-order valence-corrected chi connectivity index (χ2v) is 5.28. The molecule has 0 aliphatic heterocycles. The maximum absolute atomic E-state index is 11.9. The number of likely N-dealkylation sites (N-methyl/N-ethyl adjacent to an activating group) is 1. The molecular weight excluding hydrogens is 268 g/mol. The second-order valence-electron chi connectivity index (χ2n) is 5.28. The van der Waals surface area contributed by atoms with Gasteiger partial charge in [-0.05, 0) is 30.7 Å². The highest BCUT2D eigenvalue weighted by molar-refractivity contribution is 5.92. The average Bonchev–Trinajstić information content (AvgIpc) is 2.46. The van der Waals surface area contributed by atoms with Crippen molar-refractivity contribution in [2.24, 2.45) is 5.92 Å². The topological polar surface area (TPSA) is 58.6 Å². The van der Waals surface area contributed by atoms with Gasteiger partial charge in [-0.15, -0.1) is 0 Å². The molecule has 1 N–H and O–H groups in total. The van der Waals surface area contributed by atoms with Crippen LogP contribution in [0.15, 0.2) is 24.3 Å². The summed E-state index contributed by atoms with van der Waals surface area (Å²) in [4.78, 5) is 24.8. The molecule has 0 saturated heterocycles. The Morgan fingerprint density at radius 2 is 1.86 bits per heavy atom. The largest absolute Gasteiger partial charge is 0.484 e. The van der Waals surface area contributed by atoms with E-state index in [1.807, 2.05) is 6.92 Å². The number of hydrogen-bond acceptors (Lipinski definition) is 3. The summed E-state index contributed by atoms with van der Waals surface area (Å²) in [6, 6.07) is 7.02. The molecule has 0 aromatic heterocycles. The molecule has 5 heteroatoms. The van der Waals surface area contributed by atoms with Crippen molar-refractivity contribution in [3.63, 3.8) is 0 Å². The van der Waals surface area contributed by atoms with Crippen LogP contribution in [0.4, 0.5) is 5.69 Å². The lowest BCUT2D eigenvalue weighted by molar-refractivity contribution is -0.130. The van der Waals surface area contributed by atoms with Crippen LogP contribution in [0.3, 0.4) is 0 Å². The van der Waals surface area contributed by atoms with E-state index in [1.165, 1.54) is 4.90 Å². The molecular formula is C16H24N2O3. The molecule has 1 aromatic rings. The van der Waals surface area contributed by atoms with E-state index in [-0.39, 0.29) is 24.3 Å². The predicted octanol–water partition coefficient (Wildman–Crippen LogP) is 2.53. The molecule has 5 nitrogen and oxygen atoms in total. The number of ether oxygens (including phenoxy) is 1. The van der Waals surface area contributed by atoms with E-state index in [4.69, 9.17) is 4.74 Å². The zero-order chi connectivity index (χ0) is 15.8. The molecule has 1 unspecified atom stereocenters. The molecule has 0 saturated carbocycles. The van der Waals surface area contributed by atoms with Crippen molar-refractivity contribution in [3.05, 3.63) is 24.3 Å². The van der Waals surface area contributed by atoms with Crippen LogP contribution < -0.4 is 10.1 Å². The Kier molecular flexibility index (Phi) is 6.72. The van der Waals surface area contributed by atoms with E-state index in [0.717, 1.165) is 18.5 Å². The second kappa shape index (κ2) is 8.29. The third-order valence-electron chi connectivity index (χ3n) is 3.15. The highest BCUT2D eigenvalue weighted by atomic mass is 16.5. The molecule has 0 heterocycles. The Bertz CT molecular complexity index is 469. The SMILES string of the molecule is CCCC(C)C(=O)Nc1ccc(OCC(=O)N(C)C)cc1. The molecule has 0 aliphatic carbocycles. The van der Waals surface area contributed by atoms with Crippen LogP contribution in [0.25, 0.3) is 0 Å². The van der Waals surface area contributed by atoms with Crippen LogP contribution in [-0.2, 0) is 9.59 Å². The van der Waals surface area contributed by atoms with Gasteiger partial charge in [-0.3, -0.25) is 9.59 Å². The van der Waals surface area contributed by atoms with Gasteiger partial charge in [0, 0.05) is 25.7 Å². The maximum atomic E-state index is 11.9. The van der Waals surface area contributed by atoms with Crippen molar-refractivity contribution in [1.82, 2.24) is 4.90 Å². The fourth-order valence-corrected chi connectivity index (χ4v) is 1.74. The van der Waals surface area contributed by atoms with Gasteiger partial charge >= 0.3 is 0 Å². The van der Waals surface area contributed by atoms with Crippen LogP contribution >= 0.6 is 0 Å². The fraction of sp³-hybridized carbons (Fsp3) is 0.500. The van der Waals surface area contributed by atoms with Crippen molar-refractivity contribution in [2.75, 3.05) is 26.0 Å². The highest BCUT2D eigenvalue weighted by Crippen LogP contribution is 2.17. The average molecular weight is 292 g/mol. The third-order valence-corrected chi connectivity index (χ3v) is 3.15. The molecule has 0 fully saturated rings. The zero-order valence-electron chi connectivity index (χ0n) is 13.2. The number of benzene rings is 1. The first-order valence-electron chi connectivity index (χ1n) is 7.18. The van der Waals surface area contributed by atoms with E-state index < -0.39 is 0 Å². The third kappa shape index (κ3) is 5.85. The van der Waals surface area contributed by atoms with Gasteiger partial charge in [0.05, 0.1) is 0 Å². The molecule has 2 amide bonds. The monoisotopic (exact) mass is 292 g/mol. The first-order chi connectivity index (χ1) is 9.93. The summed E-state index contributed by atoms with van der Waals surface area (Å²) in [6.07, 6.45) is 1.86. The van der Waals surface area contributed by atoms with Crippen LogP contribution in [0.1, 0.15) is 26.7 Å². The van der Waals surface area contributed by atoms with Gasteiger partial charge in [-0.25, -0.2) is 0 Å². The number of amides is 2. The Morgan fingerprint density at radius 1 is 1.24 bits per heavy atom. The maximum Gasteiger partial charge on any atom is 0.259 e. The number of carbonyl (C=O) groups is 2. The van der Waals surface area contributed by atoms with E-state index >= 15 is 0 Å². The molecule has 0 aliphatic rings. The lowest BCUT2D eigenvalue weighted by Crippen LogP contribution is -2.27. The van der Waals surface area contributed by atoms with Crippen molar-refractivity contribution in [1.29, 1.82) is 0 Å². The van der Waals surface area contributed by atoms with Crippen LogP contribution in [0, 0.1) is 5.92 Å². The van der Waals surface area contributed by atoms with Gasteiger partial charge in [-0.2, -0.15) is 0 Å². The molecule has 1 atom stereocenters. The number of rotatable bonds is 7. The van der Waals surface area contributed by atoms with E-state index in [9.17, 15) is 9.59 Å². The number of anilines is 1. The quantitative estimate of drug-likeness (QED) is 0.840. The predicted molar refractivity (Wildman–Crippen MR) is 83.3 cm³/mol. The number of nitrogens with zero attached hydrogens (tertiary/aromatic N) is 1. The van der Waals surface area contributed by atoms with Crippen LogP contribution in [-0.4, -0.2) is 37.4 Å². The van der Waals surface area contributed by atoms with E-state index in [1.54, 1.807) is 38.4 Å². The Hall–Kier alpha value is -2.04. The molecule has 21 heavy (non-hydrogen) atoms. The van der Waals surface area contributed by atoms with E-state index in [2.05, 4.69) is 12.2 Å². The number of nitrogens with one attached hydrogen (secondary N) is 1. The lowest BCUT2D eigenvalue weighted by Gasteiger charge is -2.13. The molecule has 1 rings (SSSR count). The van der Waals surface area contributed by atoms with E-state index in [0.29, 0.717) is 5.75 Å². The summed E-state index contributed by atoms with van der Waals surface area (Å²) in [5, 5.41) is 2.87. The van der Waals surface area contributed by atoms with Crippen LogP contribution in [0.2, 0.25) is 0 Å². The first kappa shape index (κ1) is 17.0. The number of carbonyl (C=O) groups excluding carboxylic acids is 2. The molecule has 1 aromatic carbocycles. The van der Waals surface area contributed by atoms with Gasteiger partial charge < -0.3 is 15.0 Å². The van der Waals surface area contributed by atoms with Gasteiger partial charge in [0.15, 0.2) is 6.61 Å².